The minimum Gasteiger partial charge on any atom is -0.504 e. The van der Waals surface area contributed by atoms with E-state index in [9.17, 15) is 14.3 Å². The first-order chi connectivity index (χ1) is 7.54. The number of aromatic hydroxyl groups is 1. The molecule has 0 unspecified atom stereocenters. The van der Waals surface area contributed by atoms with Gasteiger partial charge in [-0.25, -0.2) is 0 Å². The van der Waals surface area contributed by atoms with Crippen LogP contribution < -0.4 is 10.5 Å². The molecule has 0 amide bonds. The van der Waals surface area contributed by atoms with Crippen molar-refractivity contribution in [2.45, 2.75) is 19.4 Å². The van der Waals surface area contributed by atoms with E-state index in [0.29, 0.717) is 5.56 Å². The van der Waals surface area contributed by atoms with E-state index in [1.807, 2.05) is 0 Å². The lowest BCUT2D eigenvalue weighted by Gasteiger charge is -2.11. The lowest BCUT2D eigenvalue weighted by molar-refractivity contribution is -0.132. The zero-order chi connectivity index (χ0) is 12.1. The van der Waals surface area contributed by atoms with Gasteiger partial charge in [0.25, 0.3) is 0 Å². The topological polar surface area (TPSA) is 72.5 Å². The Kier molecular flexibility index (Phi) is 6.53. The third-order valence-electron chi connectivity index (χ3n) is 2.08. The fraction of sp³-hybridized carbons (Fsp3) is 0.364. The molecule has 17 heavy (non-hydrogen) atoms. The van der Waals surface area contributed by atoms with Crippen LogP contribution >= 0.6 is 12.4 Å². The first-order valence-electron chi connectivity index (χ1n) is 4.87. The smallest absolute Gasteiger partial charge is 0.308 e. The van der Waals surface area contributed by atoms with Crippen LogP contribution in [0.15, 0.2) is 18.2 Å². The van der Waals surface area contributed by atoms with E-state index in [4.69, 9.17) is 10.5 Å². The Morgan fingerprint density at radius 3 is 2.71 bits per heavy atom. The van der Waals surface area contributed by atoms with E-state index < -0.39 is 18.7 Å². The number of carbonyl (C=O) groups is 1. The number of hydrogen-bond donors (Lipinski definition) is 2. The molecule has 96 valence electrons. The minimum absolute atomic E-state index is 0. The zero-order valence-electron chi connectivity index (χ0n) is 9.35. The fourth-order valence-electron chi connectivity index (χ4n) is 1.29. The van der Waals surface area contributed by atoms with E-state index in [1.54, 1.807) is 6.07 Å². The number of ether oxygens (including phenoxy) is 1. The van der Waals surface area contributed by atoms with E-state index in [2.05, 4.69) is 0 Å². The van der Waals surface area contributed by atoms with Gasteiger partial charge in [-0.2, -0.15) is 0 Å². The van der Waals surface area contributed by atoms with Crippen LogP contribution in [0.2, 0.25) is 0 Å². The highest BCUT2D eigenvalue weighted by atomic mass is 35.5. The fourth-order valence-corrected chi connectivity index (χ4v) is 1.29. The number of carbonyl (C=O) groups excluding carboxylic acids is 1. The molecule has 4 nitrogen and oxygen atoms in total. The number of benzene rings is 1. The van der Waals surface area contributed by atoms with Gasteiger partial charge in [0.05, 0.1) is 6.67 Å². The summed E-state index contributed by atoms with van der Waals surface area (Å²) in [6.45, 7) is 0.718. The molecule has 0 heterocycles. The highest BCUT2D eigenvalue weighted by molar-refractivity contribution is 5.85. The molecule has 0 saturated carbocycles. The Labute approximate surface area is 105 Å². The lowest BCUT2D eigenvalue weighted by atomic mass is 10.0. The predicted molar refractivity (Wildman–Crippen MR) is 64.2 cm³/mol. The van der Waals surface area contributed by atoms with Crippen LogP contribution in [0.25, 0.3) is 0 Å². The summed E-state index contributed by atoms with van der Waals surface area (Å²) in [5, 5.41) is 9.53. The van der Waals surface area contributed by atoms with E-state index >= 15 is 0 Å². The minimum atomic E-state index is -0.520. The molecule has 0 aromatic heterocycles. The molecule has 0 aliphatic rings. The van der Waals surface area contributed by atoms with Gasteiger partial charge in [0.15, 0.2) is 11.5 Å². The Morgan fingerprint density at radius 1 is 1.59 bits per heavy atom. The average molecular weight is 264 g/mol. The molecule has 6 heteroatoms. The van der Waals surface area contributed by atoms with Crippen molar-refractivity contribution >= 4 is 18.4 Å². The normalized spacial score (nSPS) is 11.5. The summed E-state index contributed by atoms with van der Waals surface area (Å²) in [6, 6.07) is 3.93. The highest BCUT2D eigenvalue weighted by Crippen LogP contribution is 2.29. The van der Waals surface area contributed by atoms with Gasteiger partial charge in [-0.15, -0.1) is 12.4 Å². The molecule has 0 aliphatic carbocycles. The van der Waals surface area contributed by atoms with Gasteiger partial charge in [-0.05, 0) is 24.1 Å². The standard InChI is InChI=1S/C11H14FNO3.ClH/c1-7(14)16-11-3-2-8(6-10(11)15)9(13)4-5-12;/h2-3,6,9,15H,4-5,13H2,1H3;1H/t9-;/m1./s1. The van der Waals surface area contributed by atoms with E-state index in [0.717, 1.165) is 0 Å². The Hall–Kier alpha value is -1.33. The number of esters is 1. The summed E-state index contributed by atoms with van der Waals surface area (Å²) in [4.78, 5) is 10.7. The van der Waals surface area contributed by atoms with E-state index in [-0.39, 0.29) is 30.3 Å². The van der Waals surface area contributed by atoms with Crippen LogP contribution in [-0.4, -0.2) is 17.8 Å². The van der Waals surface area contributed by atoms with Crippen LogP contribution in [0.3, 0.4) is 0 Å². The second-order valence-corrected chi connectivity index (χ2v) is 3.40. The molecule has 1 aromatic carbocycles. The maximum atomic E-state index is 12.1. The largest absolute Gasteiger partial charge is 0.504 e. The second kappa shape index (κ2) is 7.09. The van der Waals surface area contributed by atoms with Crippen molar-refractivity contribution in [2.24, 2.45) is 5.73 Å². The van der Waals surface area contributed by atoms with Crippen molar-refractivity contribution in [1.29, 1.82) is 0 Å². The molecule has 0 aliphatic heterocycles. The van der Waals surface area contributed by atoms with Crippen molar-refractivity contribution in [3.63, 3.8) is 0 Å². The Morgan fingerprint density at radius 2 is 2.24 bits per heavy atom. The molecule has 0 saturated heterocycles. The molecule has 0 fully saturated rings. The molecule has 0 spiro atoms. The number of phenolic OH excluding ortho intramolecular Hbond substituents is 1. The molecule has 0 bridgehead atoms. The molecule has 3 N–H and O–H groups in total. The van der Waals surface area contributed by atoms with Crippen molar-refractivity contribution in [2.75, 3.05) is 6.67 Å². The van der Waals surface area contributed by atoms with Crippen LogP contribution in [0, 0.1) is 0 Å². The molecule has 1 rings (SSSR count). The maximum Gasteiger partial charge on any atom is 0.308 e. The van der Waals surface area contributed by atoms with E-state index in [1.165, 1.54) is 19.1 Å². The van der Waals surface area contributed by atoms with Crippen molar-refractivity contribution < 1.29 is 19.0 Å². The lowest BCUT2D eigenvalue weighted by Crippen LogP contribution is -2.11. The summed E-state index contributed by atoms with van der Waals surface area (Å²) in [5.74, 6) is -0.623. The average Bonchev–Trinajstić information content (AvgIpc) is 2.20. The van der Waals surface area contributed by atoms with Crippen molar-refractivity contribution in [1.82, 2.24) is 0 Å². The third-order valence-corrected chi connectivity index (χ3v) is 2.08. The summed E-state index contributed by atoms with van der Waals surface area (Å²) >= 11 is 0. The molecular formula is C11H15ClFNO3. The molecular weight excluding hydrogens is 249 g/mol. The van der Waals surface area contributed by atoms with Gasteiger partial charge in [0, 0.05) is 13.0 Å². The Balaban J connectivity index is 0.00000256. The number of rotatable bonds is 4. The van der Waals surface area contributed by atoms with Gasteiger partial charge in [0.2, 0.25) is 0 Å². The van der Waals surface area contributed by atoms with Crippen molar-refractivity contribution in [3.05, 3.63) is 23.8 Å². The SMILES string of the molecule is CC(=O)Oc1ccc([C@H](N)CCF)cc1O.Cl. The first kappa shape index (κ1) is 15.7. The zero-order valence-corrected chi connectivity index (χ0v) is 10.2. The number of alkyl halides is 1. The summed E-state index contributed by atoms with van der Waals surface area (Å²) in [7, 11) is 0. The number of phenols is 1. The summed E-state index contributed by atoms with van der Waals surface area (Å²) in [5.41, 5.74) is 6.27. The third kappa shape index (κ3) is 4.58. The number of halogens is 2. The first-order valence-corrected chi connectivity index (χ1v) is 4.87. The Bertz CT molecular complexity index is 387. The second-order valence-electron chi connectivity index (χ2n) is 3.40. The van der Waals surface area contributed by atoms with Crippen LogP contribution in [0.1, 0.15) is 24.9 Å². The van der Waals surface area contributed by atoms with Gasteiger partial charge in [-0.1, -0.05) is 6.07 Å². The van der Waals surface area contributed by atoms with Crippen molar-refractivity contribution in [3.8, 4) is 11.5 Å². The summed E-state index contributed by atoms with van der Waals surface area (Å²) < 4.78 is 16.8. The van der Waals surface area contributed by atoms with Gasteiger partial charge in [0.1, 0.15) is 0 Å². The quantitative estimate of drug-likeness (QED) is 0.645. The van der Waals surface area contributed by atoms with Crippen LogP contribution in [0.5, 0.6) is 11.5 Å². The molecule has 1 aromatic rings. The van der Waals surface area contributed by atoms with Gasteiger partial charge >= 0.3 is 5.97 Å². The van der Waals surface area contributed by atoms with Gasteiger partial charge in [-0.3, -0.25) is 9.18 Å². The number of hydrogen-bond acceptors (Lipinski definition) is 4. The van der Waals surface area contributed by atoms with Crippen LogP contribution in [-0.2, 0) is 4.79 Å². The monoisotopic (exact) mass is 263 g/mol. The summed E-state index contributed by atoms with van der Waals surface area (Å²) in [6.07, 6.45) is 0.187. The molecule has 1 atom stereocenters. The maximum absolute atomic E-state index is 12.1. The van der Waals surface area contributed by atoms with Gasteiger partial charge < -0.3 is 15.6 Å². The van der Waals surface area contributed by atoms with Crippen LogP contribution in [0.4, 0.5) is 4.39 Å². The molecule has 0 radical (unpaired) electrons. The predicted octanol–water partition coefficient (Wildman–Crippen LogP) is 2.10. The number of nitrogens with two attached hydrogens (primary N) is 1. The highest BCUT2D eigenvalue weighted by Gasteiger charge is 2.10.